The summed E-state index contributed by atoms with van der Waals surface area (Å²) < 4.78 is 0. The van der Waals surface area contributed by atoms with Gasteiger partial charge in [0, 0.05) is 11.4 Å². The van der Waals surface area contributed by atoms with Crippen molar-refractivity contribution in [3.8, 4) is 0 Å². The van der Waals surface area contributed by atoms with Gasteiger partial charge >= 0.3 is 0 Å². The number of likely N-dealkylation sites (N-methyl/N-ethyl adjacent to an activating group) is 1. The van der Waals surface area contributed by atoms with E-state index in [1.807, 2.05) is 11.8 Å². The van der Waals surface area contributed by atoms with E-state index in [4.69, 9.17) is 0 Å². The second-order valence-electron chi connectivity index (χ2n) is 5.49. The van der Waals surface area contributed by atoms with Crippen molar-refractivity contribution >= 4 is 17.8 Å². The Hall–Kier alpha value is -0.730. The molecule has 0 fully saturated rings. The van der Waals surface area contributed by atoms with Crippen LogP contribution in [0.3, 0.4) is 0 Å². The maximum atomic E-state index is 2.41. The van der Waals surface area contributed by atoms with Gasteiger partial charge in [0.1, 0.15) is 0 Å². The van der Waals surface area contributed by atoms with Crippen LogP contribution in [0.15, 0.2) is 35.2 Å². The summed E-state index contributed by atoms with van der Waals surface area (Å²) in [6.45, 7) is 12.3. The molecule has 0 spiro atoms. The first-order chi connectivity index (χ1) is 9.65. The van der Waals surface area contributed by atoms with Gasteiger partial charge in [-0.2, -0.15) is 0 Å². The summed E-state index contributed by atoms with van der Waals surface area (Å²) in [5.41, 5.74) is 1.30. The van der Waals surface area contributed by atoms with Crippen LogP contribution in [0.1, 0.15) is 39.7 Å². The van der Waals surface area contributed by atoms with E-state index in [1.54, 1.807) is 0 Å². The van der Waals surface area contributed by atoms with Crippen LogP contribution in [0.4, 0.5) is 0 Å². The van der Waals surface area contributed by atoms with Gasteiger partial charge in [0.15, 0.2) is 0 Å². The predicted octanol–water partition coefficient (Wildman–Crippen LogP) is 5.18. The molecule has 0 saturated heterocycles. The largest absolute Gasteiger partial charge is 0.300 e. The van der Waals surface area contributed by atoms with Crippen molar-refractivity contribution in [3.05, 3.63) is 35.9 Å². The summed E-state index contributed by atoms with van der Waals surface area (Å²) in [7, 11) is 0. The summed E-state index contributed by atoms with van der Waals surface area (Å²) in [5.74, 6) is 2.01. The molecule has 0 amide bonds. The third-order valence-electron chi connectivity index (χ3n) is 3.41. The first kappa shape index (κ1) is 17.3. The van der Waals surface area contributed by atoms with Crippen LogP contribution in [0.25, 0.3) is 6.08 Å². The second-order valence-corrected chi connectivity index (χ2v) is 6.66. The molecule has 1 nitrogen and oxygen atoms in total. The van der Waals surface area contributed by atoms with Gasteiger partial charge in [-0.25, -0.2) is 0 Å². The zero-order chi connectivity index (χ0) is 14.8. The molecule has 0 aliphatic rings. The maximum Gasteiger partial charge on any atom is 0.0166 e. The molecule has 20 heavy (non-hydrogen) atoms. The van der Waals surface area contributed by atoms with Crippen molar-refractivity contribution in [2.45, 2.75) is 39.0 Å². The van der Waals surface area contributed by atoms with Gasteiger partial charge in [0.05, 0.1) is 0 Å². The Morgan fingerprint density at radius 3 is 2.30 bits per heavy atom. The van der Waals surface area contributed by atoms with Crippen LogP contribution in [0.2, 0.25) is 0 Å². The summed E-state index contributed by atoms with van der Waals surface area (Å²) >= 11 is 1.96. The fourth-order valence-corrected chi connectivity index (χ4v) is 3.06. The topological polar surface area (TPSA) is 3.24 Å². The van der Waals surface area contributed by atoms with Gasteiger partial charge in [-0.3, -0.25) is 0 Å². The van der Waals surface area contributed by atoms with Gasteiger partial charge in [0.2, 0.25) is 0 Å². The molecule has 0 heterocycles. The third kappa shape index (κ3) is 7.16. The Balaban J connectivity index is 2.40. The highest BCUT2D eigenvalue weighted by atomic mass is 32.2. The van der Waals surface area contributed by atoms with Crippen LogP contribution in [-0.2, 0) is 0 Å². The zero-order valence-electron chi connectivity index (χ0n) is 13.4. The quantitative estimate of drug-likeness (QED) is 0.577. The van der Waals surface area contributed by atoms with Crippen molar-refractivity contribution in [2.75, 3.05) is 25.4 Å². The van der Waals surface area contributed by atoms with E-state index in [-0.39, 0.29) is 0 Å². The Bertz CT molecular complexity index is 377. The fraction of sp³-hybridized carbons (Fsp3) is 0.556. The molecule has 0 bridgehead atoms. The Labute approximate surface area is 129 Å². The summed E-state index contributed by atoms with van der Waals surface area (Å²) in [4.78, 5) is 3.79. The maximum absolute atomic E-state index is 2.41. The van der Waals surface area contributed by atoms with Crippen LogP contribution in [0.5, 0.6) is 0 Å². The Morgan fingerprint density at radius 2 is 1.75 bits per heavy atom. The van der Waals surface area contributed by atoms with E-state index in [2.05, 4.69) is 69.0 Å². The van der Waals surface area contributed by atoms with Crippen molar-refractivity contribution < 1.29 is 0 Å². The summed E-state index contributed by atoms with van der Waals surface area (Å²) in [6.07, 6.45) is 5.77. The molecule has 1 aromatic carbocycles. The molecule has 0 saturated carbocycles. The number of hydrogen-bond donors (Lipinski definition) is 0. The highest BCUT2D eigenvalue weighted by Crippen LogP contribution is 2.21. The lowest BCUT2D eigenvalue weighted by Crippen LogP contribution is -2.22. The smallest absolute Gasteiger partial charge is 0.0166 e. The number of thioether (sulfide) groups is 1. The van der Waals surface area contributed by atoms with Crippen molar-refractivity contribution in [1.29, 1.82) is 0 Å². The van der Waals surface area contributed by atoms with Crippen LogP contribution in [-0.4, -0.2) is 30.3 Å². The van der Waals surface area contributed by atoms with Crippen molar-refractivity contribution in [2.24, 2.45) is 5.92 Å². The molecule has 0 atom stereocenters. The van der Waals surface area contributed by atoms with Crippen molar-refractivity contribution in [1.82, 2.24) is 4.90 Å². The molecule has 1 rings (SSSR count). The van der Waals surface area contributed by atoms with Gasteiger partial charge in [-0.1, -0.05) is 52.0 Å². The molecule has 0 N–H and O–H groups in total. The first-order valence-electron chi connectivity index (χ1n) is 7.77. The lowest BCUT2D eigenvalue weighted by Gasteiger charge is -2.14. The van der Waals surface area contributed by atoms with Crippen LogP contribution < -0.4 is 0 Å². The molecule has 0 unspecified atom stereocenters. The first-order valence-corrected chi connectivity index (χ1v) is 8.76. The zero-order valence-corrected chi connectivity index (χ0v) is 14.2. The Morgan fingerprint density at radius 1 is 1.10 bits per heavy atom. The number of hydrogen-bond acceptors (Lipinski definition) is 2. The van der Waals surface area contributed by atoms with E-state index in [0.717, 1.165) is 25.6 Å². The van der Waals surface area contributed by atoms with Gasteiger partial charge < -0.3 is 4.90 Å². The van der Waals surface area contributed by atoms with E-state index in [9.17, 15) is 0 Å². The molecule has 0 radical (unpaired) electrons. The molecule has 112 valence electrons. The highest BCUT2D eigenvalue weighted by molar-refractivity contribution is 7.99. The van der Waals surface area contributed by atoms with Crippen LogP contribution >= 0.6 is 11.8 Å². The van der Waals surface area contributed by atoms with Crippen LogP contribution in [0, 0.1) is 5.92 Å². The molecule has 0 aromatic heterocycles. The SMILES string of the molecule is CCN(CC)CC=Cc1ccc(SCCC(C)C)cc1. The van der Waals surface area contributed by atoms with Crippen molar-refractivity contribution in [3.63, 3.8) is 0 Å². The minimum absolute atomic E-state index is 0.796. The standard InChI is InChI=1S/C18H29NS/c1-5-19(6-2)14-7-8-17-9-11-18(12-10-17)20-15-13-16(3)4/h7-12,16H,5-6,13-15H2,1-4H3. The molecule has 1 aromatic rings. The molecule has 0 aliphatic heterocycles. The van der Waals surface area contributed by atoms with E-state index in [0.29, 0.717) is 0 Å². The monoisotopic (exact) mass is 291 g/mol. The second kappa shape index (κ2) is 10.1. The summed E-state index contributed by atoms with van der Waals surface area (Å²) in [5, 5.41) is 0. The molecule has 0 aliphatic carbocycles. The molecular formula is C18H29NS. The molecule has 2 heteroatoms. The van der Waals surface area contributed by atoms with E-state index in [1.165, 1.54) is 22.6 Å². The summed E-state index contributed by atoms with van der Waals surface area (Å²) in [6, 6.07) is 8.91. The average Bonchev–Trinajstić information content (AvgIpc) is 2.45. The third-order valence-corrected chi connectivity index (χ3v) is 4.46. The van der Waals surface area contributed by atoms with Gasteiger partial charge in [-0.15, -0.1) is 11.8 Å². The minimum Gasteiger partial charge on any atom is -0.300 e. The number of nitrogens with zero attached hydrogens (tertiary/aromatic N) is 1. The Kier molecular flexibility index (Phi) is 8.72. The lowest BCUT2D eigenvalue weighted by molar-refractivity contribution is 0.338. The predicted molar refractivity (Wildman–Crippen MR) is 93.4 cm³/mol. The van der Waals surface area contributed by atoms with E-state index >= 15 is 0 Å². The number of benzene rings is 1. The highest BCUT2D eigenvalue weighted by Gasteiger charge is 1.97. The lowest BCUT2D eigenvalue weighted by atomic mass is 10.2. The molecular weight excluding hydrogens is 262 g/mol. The van der Waals surface area contributed by atoms with Gasteiger partial charge in [-0.05, 0) is 48.9 Å². The number of rotatable bonds is 9. The minimum atomic E-state index is 0.796. The normalized spacial score (nSPS) is 11.9. The fourth-order valence-electron chi connectivity index (χ4n) is 1.91. The van der Waals surface area contributed by atoms with E-state index < -0.39 is 0 Å². The van der Waals surface area contributed by atoms with Gasteiger partial charge in [0.25, 0.3) is 0 Å². The average molecular weight is 292 g/mol.